The Morgan fingerprint density at radius 1 is 0.348 bits per heavy atom. The van der Waals surface area contributed by atoms with E-state index in [-0.39, 0.29) is 25.2 Å². The summed E-state index contributed by atoms with van der Waals surface area (Å²) < 4.78 is 10.7. The van der Waals surface area contributed by atoms with Crippen molar-refractivity contribution in [2.24, 2.45) is 0 Å². The van der Waals surface area contributed by atoms with E-state index in [1.165, 1.54) is 103 Å². The smallest absolute Gasteiger partial charge is 0.306 e. The molecule has 1 unspecified atom stereocenters. The molecule has 0 fully saturated rings. The third-order valence-electron chi connectivity index (χ3n) is 11.7. The molecule has 0 amide bonds. The summed E-state index contributed by atoms with van der Waals surface area (Å²) in [5.41, 5.74) is 0. The van der Waals surface area contributed by atoms with Gasteiger partial charge >= 0.3 is 11.9 Å². The molecule has 0 aromatic heterocycles. The molecule has 0 aliphatic rings. The van der Waals surface area contributed by atoms with E-state index >= 15 is 0 Å². The molecule has 0 saturated carbocycles. The number of allylic oxidation sites excluding steroid dienone is 22. The average Bonchev–Trinajstić information content (AvgIpc) is 3.35. The van der Waals surface area contributed by atoms with Gasteiger partial charge in [0.1, 0.15) is 6.61 Å². The number of ether oxygens (including phenoxy) is 2. The van der Waals surface area contributed by atoms with E-state index in [9.17, 15) is 14.7 Å². The highest BCUT2D eigenvalue weighted by atomic mass is 16.6. The summed E-state index contributed by atoms with van der Waals surface area (Å²) in [6.45, 7) is 3.99. The topological polar surface area (TPSA) is 72.8 Å². The van der Waals surface area contributed by atoms with Crippen LogP contribution in [0.15, 0.2) is 134 Å². The summed E-state index contributed by atoms with van der Waals surface area (Å²) in [6, 6.07) is 0. The van der Waals surface area contributed by atoms with E-state index in [4.69, 9.17) is 9.47 Å². The van der Waals surface area contributed by atoms with Crippen molar-refractivity contribution in [2.75, 3.05) is 13.2 Å². The second-order valence-corrected chi connectivity index (χ2v) is 18.3. The SMILES string of the molecule is CC/C=C\C/C=C\C/C=C\C/C=C\C/C=C\C/C=C\C/C=C\C/C=C\C/C=C\CCCCCCCCCCCCCC(=O)OC(CO)COC(=O)CCCCCCC/C=C\C/C=C\CCCCCC. The lowest BCUT2D eigenvalue weighted by Gasteiger charge is -2.15. The zero-order chi connectivity index (χ0) is 49.9. The van der Waals surface area contributed by atoms with Crippen LogP contribution in [0.3, 0.4) is 0 Å². The van der Waals surface area contributed by atoms with Gasteiger partial charge in [0.05, 0.1) is 6.61 Å². The molecule has 69 heavy (non-hydrogen) atoms. The summed E-state index contributed by atoms with van der Waals surface area (Å²) in [6.07, 6.45) is 87.0. The van der Waals surface area contributed by atoms with E-state index in [0.717, 1.165) is 109 Å². The van der Waals surface area contributed by atoms with E-state index in [2.05, 4.69) is 148 Å². The van der Waals surface area contributed by atoms with Gasteiger partial charge in [0.2, 0.25) is 0 Å². The highest BCUT2D eigenvalue weighted by Gasteiger charge is 2.16. The van der Waals surface area contributed by atoms with Crippen LogP contribution in [-0.2, 0) is 19.1 Å². The predicted octanol–water partition coefficient (Wildman–Crippen LogP) is 19.2. The predicted molar refractivity (Wildman–Crippen MR) is 301 cm³/mol. The lowest BCUT2D eigenvalue weighted by atomic mass is 10.0. The first-order chi connectivity index (χ1) is 34.1. The minimum Gasteiger partial charge on any atom is -0.462 e. The largest absolute Gasteiger partial charge is 0.462 e. The molecule has 1 atom stereocenters. The zero-order valence-electron chi connectivity index (χ0n) is 44.5. The molecule has 0 aromatic carbocycles. The second kappa shape index (κ2) is 58.4. The van der Waals surface area contributed by atoms with Crippen molar-refractivity contribution in [1.29, 1.82) is 0 Å². The molecule has 0 rings (SSSR count). The molecule has 0 aliphatic heterocycles. The molecule has 1 N–H and O–H groups in total. The van der Waals surface area contributed by atoms with Crippen LogP contribution in [0, 0.1) is 0 Å². The number of aliphatic hydroxyl groups excluding tert-OH is 1. The van der Waals surface area contributed by atoms with Gasteiger partial charge < -0.3 is 14.6 Å². The Morgan fingerprint density at radius 3 is 0.942 bits per heavy atom. The standard InChI is InChI=1S/C64H104O5/c1-3-5-7-9-11-13-15-17-19-21-22-23-24-25-26-27-28-29-30-31-32-33-34-35-36-37-38-39-40-41-42-43-45-47-49-51-53-55-57-59-64(67)69-62(60-65)61-68-63(66)58-56-54-52-50-48-46-44-20-18-16-14-12-10-8-6-4-2/h5,7,11,13-14,16-17,19-20,22-23,25-26,28-29,31-32,34-35,37-38,44,62,65H,3-4,6,8-10,12,15,18,21,24,27,30,33,36,39-43,45-61H2,1-2H3/b7-5-,13-11-,16-14-,19-17-,23-22-,26-25-,29-28-,32-31-,35-34-,38-37-,44-20-. The highest BCUT2D eigenvalue weighted by Crippen LogP contribution is 2.14. The number of unbranched alkanes of at least 4 members (excludes halogenated alkanes) is 20. The Labute approximate surface area is 425 Å². The second-order valence-electron chi connectivity index (χ2n) is 18.3. The van der Waals surface area contributed by atoms with Crippen LogP contribution >= 0.6 is 0 Å². The number of carbonyl (C=O) groups is 2. The van der Waals surface area contributed by atoms with Gasteiger partial charge in [-0.3, -0.25) is 9.59 Å². The molecule has 0 aromatic rings. The Kier molecular flexibility index (Phi) is 55.0. The van der Waals surface area contributed by atoms with E-state index in [1.54, 1.807) is 0 Å². The maximum atomic E-state index is 12.3. The molecule has 0 saturated heterocycles. The summed E-state index contributed by atoms with van der Waals surface area (Å²) in [7, 11) is 0. The van der Waals surface area contributed by atoms with Crippen molar-refractivity contribution >= 4 is 11.9 Å². The van der Waals surface area contributed by atoms with Gasteiger partial charge in [-0.25, -0.2) is 0 Å². The van der Waals surface area contributed by atoms with Gasteiger partial charge in [-0.1, -0.05) is 244 Å². The number of rotatable bonds is 50. The molecular formula is C64H104O5. The Hall–Kier alpha value is -3.96. The van der Waals surface area contributed by atoms with E-state index < -0.39 is 6.10 Å². The monoisotopic (exact) mass is 953 g/mol. The van der Waals surface area contributed by atoms with Gasteiger partial charge in [-0.2, -0.15) is 0 Å². The van der Waals surface area contributed by atoms with Gasteiger partial charge in [0, 0.05) is 12.8 Å². The Balaban J connectivity index is 3.58. The molecule has 0 aliphatic carbocycles. The van der Waals surface area contributed by atoms with Gasteiger partial charge in [0.15, 0.2) is 6.10 Å². The third kappa shape index (κ3) is 56.5. The number of carbonyl (C=O) groups excluding carboxylic acids is 2. The summed E-state index contributed by atoms with van der Waals surface area (Å²) in [5, 5.41) is 9.63. The molecular weight excluding hydrogens is 849 g/mol. The number of esters is 2. The number of hydrogen-bond donors (Lipinski definition) is 1. The van der Waals surface area contributed by atoms with Crippen LogP contribution in [0.5, 0.6) is 0 Å². The molecule has 0 heterocycles. The molecule has 390 valence electrons. The highest BCUT2D eigenvalue weighted by molar-refractivity contribution is 5.70. The quantitative estimate of drug-likeness (QED) is 0.0374. The first-order valence-electron chi connectivity index (χ1n) is 28.2. The fourth-order valence-electron chi connectivity index (χ4n) is 7.46. The molecule has 0 radical (unpaired) electrons. The van der Waals surface area contributed by atoms with Crippen LogP contribution in [0.2, 0.25) is 0 Å². The summed E-state index contributed by atoms with van der Waals surface area (Å²) in [5.74, 6) is -0.615. The van der Waals surface area contributed by atoms with Gasteiger partial charge in [-0.15, -0.1) is 0 Å². The Morgan fingerprint density at radius 2 is 0.623 bits per heavy atom. The van der Waals surface area contributed by atoms with Crippen molar-refractivity contribution in [3.8, 4) is 0 Å². The maximum Gasteiger partial charge on any atom is 0.306 e. The lowest BCUT2D eigenvalue weighted by molar-refractivity contribution is -0.161. The fraction of sp³-hybridized carbons (Fsp3) is 0.625. The number of hydrogen-bond acceptors (Lipinski definition) is 5. The molecule has 0 bridgehead atoms. The van der Waals surface area contributed by atoms with E-state index in [1.807, 2.05) is 0 Å². The zero-order valence-corrected chi connectivity index (χ0v) is 44.5. The lowest BCUT2D eigenvalue weighted by Crippen LogP contribution is -2.28. The Bertz CT molecular complexity index is 1450. The average molecular weight is 954 g/mol. The van der Waals surface area contributed by atoms with Crippen molar-refractivity contribution in [2.45, 2.75) is 245 Å². The minimum atomic E-state index is -0.788. The molecule has 5 nitrogen and oxygen atoms in total. The van der Waals surface area contributed by atoms with Gasteiger partial charge in [0.25, 0.3) is 0 Å². The van der Waals surface area contributed by atoms with Crippen LogP contribution < -0.4 is 0 Å². The van der Waals surface area contributed by atoms with Crippen LogP contribution in [-0.4, -0.2) is 36.4 Å². The number of aliphatic hydroxyl groups is 1. The van der Waals surface area contributed by atoms with Crippen molar-refractivity contribution in [3.05, 3.63) is 134 Å². The van der Waals surface area contributed by atoms with E-state index in [0.29, 0.717) is 12.8 Å². The maximum absolute atomic E-state index is 12.3. The van der Waals surface area contributed by atoms with Crippen LogP contribution in [0.1, 0.15) is 239 Å². The van der Waals surface area contributed by atoms with Gasteiger partial charge in [-0.05, 0) is 116 Å². The normalized spacial score (nSPS) is 13.3. The minimum absolute atomic E-state index is 0.0802. The van der Waals surface area contributed by atoms with Crippen molar-refractivity contribution < 1.29 is 24.2 Å². The van der Waals surface area contributed by atoms with Crippen molar-refractivity contribution in [1.82, 2.24) is 0 Å². The molecule has 5 heteroatoms. The summed E-state index contributed by atoms with van der Waals surface area (Å²) >= 11 is 0. The van der Waals surface area contributed by atoms with Crippen LogP contribution in [0.25, 0.3) is 0 Å². The van der Waals surface area contributed by atoms with Crippen molar-refractivity contribution in [3.63, 3.8) is 0 Å². The fourth-order valence-corrected chi connectivity index (χ4v) is 7.46. The first kappa shape index (κ1) is 65.0. The third-order valence-corrected chi connectivity index (χ3v) is 11.7. The first-order valence-corrected chi connectivity index (χ1v) is 28.2. The molecule has 0 spiro atoms. The van der Waals surface area contributed by atoms with Crippen LogP contribution in [0.4, 0.5) is 0 Å². The summed E-state index contributed by atoms with van der Waals surface area (Å²) in [4.78, 5) is 24.5.